The number of anilines is 1. The van der Waals surface area contributed by atoms with Gasteiger partial charge in [-0.15, -0.1) is 17.8 Å². The summed E-state index contributed by atoms with van der Waals surface area (Å²) in [5.74, 6) is 0. The first kappa shape index (κ1) is 17.7. The maximum absolute atomic E-state index is 13.3. The fourth-order valence-electron chi connectivity index (χ4n) is 2.40. The van der Waals surface area contributed by atoms with Gasteiger partial charge in [-0.3, -0.25) is 0 Å². The molecule has 0 aliphatic carbocycles. The van der Waals surface area contributed by atoms with Crippen LogP contribution in [0.15, 0.2) is 54.7 Å². The van der Waals surface area contributed by atoms with Crippen molar-refractivity contribution in [3.8, 4) is 11.3 Å². The number of carbonyl (C=O) groups excluding carboxylic acids is 1. The number of fused-ring (bicyclic) bond motifs is 1. The molecule has 0 unspecified atom stereocenters. The van der Waals surface area contributed by atoms with Crippen LogP contribution in [0.1, 0.15) is 5.56 Å². The predicted octanol–water partition coefficient (Wildman–Crippen LogP) is 4.10. The molecule has 0 fully saturated rings. The van der Waals surface area contributed by atoms with Gasteiger partial charge in [0, 0.05) is 44.4 Å². The number of benzene rings is 1. The molecule has 23 heavy (non-hydrogen) atoms. The van der Waals surface area contributed by atoms with Crippen LogP contribution in [0.25, 0.3) is 16.8 Å². The Morgan fingerprint density at radius 1 is 1.04 bits per heavy atom. The van der Waals surface area contributed by atoms with Crippen LogP contribution < -0.4 is 5.32 Å². The third-order valence-electron chi connectivity index (χ3n) is 3.34. The number of hydrogen-bond donors (Lipinski definition) is 1. The van der Waals surface area contributed by atoms with Crippen LogP contribution in [0.5, 0.6) is 0 Å². The molecule has 1 aromatic carbocycles. The maximum Gasteiger partial charge on any atom is 0.418 e. The summed E-state index contributed by atoms with van der Waals surface area (Å²) in [5.41, 5.74) is 0.725. The minimum absolute atomic E-state index is 0. The summed E-state index contributed by atoms with van der Waals surface area (Å²) in [5, 5.41) is 2.33. The number of rotatable bonds is 3. The van der Waals surface area contributed by atoms with Crippen molar-refractivity contribution in [2.45, 2.75) is 6.18 Å². The molecule has 0 saturated heterocycles. The Morgan fingerprint density at radius 3 is 2.35 bits per heavy atom. The van der Waals surface area contributed by atoms with E-state index >= 15 is 0 Å². The Labute approximate surface area is 155 Å². The third-order valence-corrected chi connectivity index (χ3v) is 3.34. The summed E-state index contributed by atoms with van der Waals surface area (Å²) in [4.78, 5) is 10.3. The molecule has 1 N–H and O–H groups in total. The van der Waals surface area contributed by atoms with E-state index in [1.807, 2.05) is 0 Å². The van der Waals surface area contributed by atoms with Crippen molar-refractivity contribution in [3.05, 3.63) is 60.3 Å². The minimum atomic E-state index is -4.45. The van der Waals surface area contributed by atoms with E-state index in [1.54, 1.807) is 24.4 Å². The molecule has 2 aromatic heterocycles. The Morgan fingerprint density at radius 2 is 1.74 bits per heavy atom. The van der Waals surface area contributed by atoms with Crippen molar-refractivity contribution in [2.75, 3.05) is 5.32 Å². The SMILES string of the molecule is O=[C-]Nc1ccc(-c2c(C(F)(F)F)cc3ccccn23)cc1.[Y]. The van der Waals surface area contributed by atoms with Crippen molar-refractivity contribution in [3.63, 3.8) is 0 Å². The van der Waals surface area contributed by atoms with Crippen molar-refractivity contribution < 1.29 is 50.7 Å². The standard InChI is InChI=1S/C16H10F3N2O.Y/c17-16(18,19)14-9-13-3-1-2-8-21(13)15(14)11-4-6-12(7-5-11)20-10-22;/h1-9H,(H,20,22);/q-1;. The molecule has 1 amide bonds. The van der Waals surface area contributed by atoms with Crippen LogP contribution in [0.3, 0.4) is 0 Å². The second-order valence-electron chi connectivity index (χ2n) is 4.70. The number of hydrogen-bond acceptors (Lipinski definition) is 1. The molecule has 0 aliphatic rings. The first-order valence-corrected chi connectivity index (χ1v) is 6.41. The molecular weight excluding hydrogens is 382 g/mol. The molecule has 0 aliphatic heterocycles. The minimum Gasteiger partial charge on any atom is -0.490 e. The van der Waals surface area contributed by atoms with Gasteiger partial charge in [0.15, 0.2) is 0 Å². The fraction of sp³-hybridized carbons (Fsp3) is 0.0625. The number of alkyl halides is 3. The predicted molar refractivity (Wildman–Crippen MR) is 77.2 cm³/mol. The van der Waals surface area contributed by atoms with Crippen LogP contribution in [-0.2, 0) is 43.7 Å². The van der Waals surface area contributed by atoms with Crippen LogP contribution in [-0.4, -0.2) is 10.8 Å². The molecule has 1 radical (unpaired) electrons. The molecule has 7 heteroatoms. The quantitative estimate of drug-likeness (QED) is 0.529. The van der Waals surface area contributed by atoms with Gasteiger partial charge in [-0.25, -0.2) is 0 Å². The maximum atomic E-state index is 13.3. The summed E-state index contributed by atoms with van der Waals surface area (Å²) >= 11 is 0. The molecule has 2 heterocycles. The summed E-state index contributed by atoms with van der Waals surface area (Å²) in [6.07, 6.45) is -1.34. The van der Waals surface area contributed by atoms with Gasteiger partial charge in [0.1, 0.15) is 0 Å². The Kier molecular flexibility index (Phi) is 5.27. The van der Waals surface area contributed by atoms with Crippen molar-refractivity contribution in [1.29, 1.82) is 0 Å². The molecule has 115 valence electrons. The average Bonchev–Trinajstić information content (AvgIpc) is 2.88. The molecule has 0 atom stereocenters. The van der Waals surface area contributed by atoms with Gasteiger partial charge in [0.05, 0.1) is 17.7 Å². The fourth-order valence-corrected chi connectivity index (χ4v) is 2.40. The number of amides is 1. The first-order valence-electron chi connectivity index (χ1n) is 6.41. The van der Waals surface area contributed by atoms with Gasteiger partial charge in [0.2, 0.25) is 0 Å². The topological polar surface area (TPSA) is 33.5 Å². The molecule has 3 rings (SSSR count). The van der Waals surface area contributed by atoms with Crippen LogP contribution >= 0.6 is 0 Å². The summed E-state index contributed by atoms with van der Waals surface area (Å²) in [6, 6.07) is 12.2. The molecule has 0 saturated carbocycles. The molecule has 0 spiro atoms. The zero-order chi connectivity index (χ0) is 15.7. The van der Waals surface area contributed by atoms with E-state index in [1.165, 1.54) is 35.1 Å². The zero-order valence-corrected chi connectivity index (χ0v) is 14.6. The zero-order valence-electron chi connectivity index (χ0n) is 11.8. The number of pyridine rings is 1. The van der Waals surface area contributed by atoms with E-state index in [9.17, 15) is 18.0 Å². The van der Waals surface area contributed by atoms with Gasteiger partial charge in [-0.2, -0.15) is 13.2 Å². The Hall–Kier alpha value is -1.66. The molecule has 3 aromatic rings. The van der Waals surface area contributed by atoms with Crippen LogP contribution in [0.4, 0.5) is 18.9 Å². The van der Waals surface area contributed by atoms with E-state index in [2.05, 4.69) is 5.32 Å². The van der Waals surface area contributed by atoms with Gasteiger partial charge >= 0.3 is 6.18 Å². The molecular formula is C16H10F3N2OY-. The Balaban J connectivity index is 0.00000192. The smallest absolute Gasteiger partial charge is 0.418 e. The first-order chi connectivity index (χ1) is 10.5. The third kappa shape index (κ3) is 3.48. The van der Waals surface area contributed by atoms with E-state index in [0.717, 1.165) is 6.07 Å². The number of nitrogens with one attached hydrogen (secondary N) is 1. The number of nitrogens with zero attached hydrogens (tertiary/aromatic N) is 1. The van der Waals surface area contributed by atoms with Gasteiger partial charge < -0.3 is 14.5 Å². The summed E-state index contributed by atoms with van der Waals surface area (Å²) in [6.45, 7) is 0. The van der Waals surface area contributed by atoms with Gasteiger partial charge in [-0.05, 0) is 23.8 Å². The van der Waals surface area contributed by atoms with Crippen molar-refractivity contribution >= 4 is 17.6 Å². The second kappa shape index (κ2) is 6.85. The van der Waals surface area contributed by atoms with E-state index < -0.39 is 11.7 Å². The molecule has 3 nitrogen and oxygen atoms in total. The molecule has 0 bridgehead atoms. The second-order valence-corrected chi connectivity index (χ2v) is 4.70. The van der Waals surface area contributed by atoms with Crippen LogP contribution in [0, 0.1) is 0 Å². The van der Waals surface area contributed by atoms with E-state index in [0.29, 0.717) is 16.8 Å². The number of aromatic nitrogens is 1. The largest absolute Gasteiger partial charge is 0.490 e. The summed E-state index contributed by atoms with van der Waals surface area (Å²) < 4.78 is 41.4. The Bertz CT molecular complexity index is 825. The monoisotopic (exact) mass is 392 g/mol. The number of halogens is 3. The van der Waals surface area contributed by atoms with Gasteiger partial charge in [0.25, 0.3) is 0 Å². The normalized spacial score (nSPS) is 11.1. The van der Waals surface area contributed by atoms with E-state index in [-0.39, 0.29) is 38.4 Å². The average molecular weight is 392 g/mol. The van der Waals surface area contributed by atoms with Crippen molar-refractivity contribution in [2.24, 2.45) is 0 Å². The van der Waals surface area contributed by atoms with Crippen molar-refractivity contribution in [1.82, 2.24) is 4.40 Å². The van der Waals surface area contributed by atoms with E-state index in [4.69, 9.17) is 0 Å². The summed E-state index contributed by atoms with van der Waals surface area (Å²) in [7, 11) is 0. The van der Waals surface area contributed by atoms with Crippen LogP contribution in [0.2, 0.25) is 0 Å². The van der Waals surface area contributed by atoms with Gasteiger partial charge in [-0.1, -0.05) is 18.2 Å².